The molecule has 110 valence electrons. The van der Waals surface area contributed by atoms with E-state index in [0.29, 0.717) is 11.3 Å². The molecule has 0 spiro atoms. The molecule has 3 nitrogen and oxygen atoms in total. The normalized spacial score (nSPS) is 12.0. The zero-order valence-electron chi connectivity index (χ0n) is 11.3. The van der Waals surface area contributed by atoms with Crippen LogP contribution in [-0.2, 0) is 0 Å². The number of hydrogen-bond acceptors (Lipinski definition) is 3. The lowest BCUT2D eigenvalue weighted by atomic mass is 10.1. The minimum absolute atomic E-state index is 0.0739. The fourth-order valence-corrected chi connectivity index (χ4v) is 2.82. The summed E-state index contributed by atoms with van der Waals surface area (Å²) in [6.07, 6.45) is -0.774. The molecule has 1 unspecified atom stereocenters. The van der Waals surface area contributed by atoms with Gasteiger partial charge in [-0.3, -0.25) is 4.79 Å². The van der Waals surface area contributed by atoms with Crippen LogP contribution >= 0.6 is 31.9 Å². The first-order valence-corrected chi connectivity index (χ1v) is 7.93. The summed E-state index contributed by atoms with van der Waals surface area (Å²) in [6, 6.07) is 12.6. The number of carbonyl (C=O) groups is 1. The highest BCUT2D eigenvalue weighted by atomic mass is 79.9. The Hall–Kier alpha value is -1.17. The average molecular weight is 414 g/mol. The maximum Gasteiger partial charge on any atom is 0.163 e. The molecular weight excluding hydrogens is 400 g/mol. The molecule has 0 heterocycles. The van der Waals surface area contributed by atoms with Gasteiger partial charge in [0.1, 0.15) is 18.5 Å². The topological polar surface area (TPSA) is 46.5 Å². The van der Waals surface area contributed by atoms with Gasteiger partial charge < -0.3 is 9.84 Å². The minimum Gasteiger partial charge on any atom is -0.490 e. The third-order valence-electron chi connectivity index (χ3n) is 2.98. The van der Waals surface area contributed by atoms with Gasteiger partial charge in [-0.2, -0.15) is 0 Å². The van der Waals surface area contributed by atoms with Crippen molar-refractivity contribution in [1.29, 1.82) is 0 Å². The average Bonchev–Trinajstić information content (AvgIpc) is 2.46. The van der Waals surface area contributed by atoms with E-state index in [1.807, 2.05) is 24.3 Å². The van der Waals surface area contributed by atoms with Crippen molar-refractivity contribution in [2.24, 2.45) is 0 Å². The van der Waals surface area contributed by atoms with Gasteiger partial charge >= 0.3 is 0 Å². The minimum atomic E-state index is -0.774. The van der Waals surface area contributed by atoms with E-state index in [-0.39, 0.29) is 12.4 Å². The fraction of sp³-hybridized carbons (Fsp3) is 0.188. The van der Waals surface area contributed by atoms with E-state index in [4.69, 9.17) is 4.74 Å². The monoisotopic (exact) mass is 412 g/mol. The SMILES string of the molecule is CC(=O)c1cc(Br)ccc1OCC(O)c1ccccc1Br. The number of carbonyl (C=O) groups excluding carboxylic acids is 1. The van der Waals surface area contributed by atoms with Crippen molar-refractivity contribution in [3.05, 3.63) is 62.5 Å². The highest BCUT2D eigenvalue weighted by Gasteiger charge is 2.14. The van der Waals surface area contributed by atoms with Crippen molar-refractivity contribution in [2.75, 3.05) is 6.61 Å². The Balaban J connectivity index is 2.13. The predicted octanol–water partition coefficient (Wildman–Crippen LogP) is 4.53. The summed E-state index contributed by atoms with van der Waals surface area (Å²) in [4.78, 5) is 11.6. The number of halogens is 2. The largest absolute Gasteiger partial charge is 0.490 e. The van der Waals surface area contributed by atoms with Crippen molar-refractivity contribution in [1.82, 2.24) is 0 Å². The van der Waals surface area contributed by atoms with Crippen molar-refractivity contribution in [2.45, 2.75) is 13.0 Å². The van der Waals surface area contributed by atoms with Crippen LogP contribution in [0.2, 0.25) is 0 Å². The molecular formula is C16H14Br2O3. The molecule has 0 aromatic heterocycles. The van der Waals surface area contributed by atoms with Gasteiger partial charge in [0.15, 0.2) is 5.78 Å². The number of ether oxygens (including phenoxy) is 1. The Morgan fingerprint density at radius 2 is 1.95 bits per heavy atom. The Bertz CT molecular complexity index is 656. The summed E-state index contributed by atoms with van der Waals surface area (Å²) in [6.45, 7) is 1.56. The van der Waals surface area contributed by atoms with E-state index in [1.165, 1.54) is 6.92 Å². The summed E-state index contributed by atoms with van der Waals surface area (Å²) < 4.78 is 7.25. The molecule has 0 saturated heterocycles. The number of benzene rings is 2. The maximum atomic E-state index is 11.6. The van der Waals surface area contributed by atoms with Crippen LogP contribution in [0.3, 0.4) is 0 Å². The molecule has 21 heavy (non-hydrogen) atoms. The lowest BCUT2D eigenvalue weighted by Gasteiger charge is -2.15. The molecule has 0 aliphatic carbocycles. The third kappa shape index (κ3) is 4.15. The van der Waals surface area contributed by atoms with E-state index < -0.39 is 6.10 Å². The van der Waals surface area contributed by atoms with Crippen LogP contribution < -0.4 is 4.74 Å². The smallest absolute Gasteiger partial charge is 0.163 e. The molecule has 0 fully saturated rings. The van der Waals surface area contributed by atoms with Crippen LogP contribution in [0.15, 0.2) is 51.4 Å². The Kier molecular flexibility index (Phi) is 5.56. The molecule has 0 saturated carbocycles. The highest BCUT2D eigenvalue weighted by molar-refractivity contribution is 9.10. The Morgan fingerprint density at radius 1 is 1.24 bits per heavy atom. The van der Waals surface area contributed by atoms with E-state index >= 15 is 0 Å². The van der Waals surface area contributed by atoms with Crippen molar-refractivity contribution >= 4 is 37.6 Å². The third-order valence-corrected chi connectivity index (χ3v) is 4.20. The second-order valence-electron chi connectivity index (χ2n) is 4.54. The summed E-state index contributed by atoms with van der Waals surface area (Å²) in [5.41, 5.74) is 1.24. The van der Waals surface area contributed by atoms with Gasteiger partial charge in [0.25, 0.3) is 0 Å². The Labute approximate surface area is 140 Å². The van der Waals surface area contributed by atoms with Gasteiger partial charge in [0.2, 0.25) is 0 Å². The lowest BCUT2D eigenvalue weighted by molar-refractivity contribution is 0.0976. The molecule has 2 aromatic carbocycles. The standard InChI is InChI=1S/C16H14Br2O3/c1-10(19)13-8-11(17)6-7-16(13)21-9-15(20)12-4-2-3-5-14(12)18/h2-8,15,20H,9H2,1H3. The summed E-state index contributed by atoms with van der Waals surface area (Å²) >= 11 is 6.72. The molecule has 1 atom stereocenters. The van der Waals surface area contributed by atoms with Gasteiger partial charge in [0.05, 0.1) is 5.56 Å². The van der Waals surface area contributed by atoms with Crippen molar-refractivity contribution < 1.29 is 14.6 Å². The van der Waals surface area contributed by atoms with E-state index in [0.717, 1.165) is 14.5 Å². The van der Waals surface area contributed by atoms with Crippen LogP contribution in [0.25, 0.3) is 0 Å². The summed E-state index contributed by atoms with van der Waals surface area (Å²) in [5, 5.41) is 10.2. The molecule has 0 aliphatic heterocycles. The van der Waals surface area contributed by atoms with Crippen molar-refractivity contribution in [3.63, 3.8) is 0 Å². The van der Waals surface area contributed by atoms with E-state index in [2.05, 4.69) is 31.9 Å². The second kappa shape index (κ2) is 7.20. The van der Waals surface area contributed by atoms with E-state index in [9.17, 15) is 9.90 Å². The highest BCUT2D eigenvalue weighted by Crippen LogP contribution is 2.27. The number of aliphatic hydroxyl groups is 1. The number of ketones is 1. The molecule has 0 aliphatic rings. The first-order chi connectivity index (χ1) is 9.99. The number of rotatable bonds is 5. The maximum absolute atomic E-state index is 11.6. The summed E-state index contributed by atoms with van der Waals surface area (Å²) in [7, 11) is 0. The molecule has 2 aromatic rings. The molecule has 1 N–H and O–H groups in total. The van der Waals surface area contributed by atoms with E-state index in [1.54, 1.807) is 18.2 Å². The second-order valence-corrected chi connectivity index (χ2v) is 6.31. The fourth-order valence-electron chi connectivity index (χ4n) is 1.91. The lowest BCUT2D eigenvalue weighted by Crippen LogP contribution is -2.11. The van der Waals surface area contributed by atoms with Crippen LogP contribution in [0, 0.1) is 0 Å². The van der Waals surface area contributed by atoms with Gasteiger partial charge in [-0.05, 0) is 36.8 Å². The van der Waals surface area contributed by atoms with Crippen LogP contribution in [0.5, 0.6) is 5.75 Å². The Morgan fingerprint density at radius 3 is 2.62 bits per heavy atom. The van der Waals surface area contributed by atoms with Gasteiger partial charge in [-0.1, -0.05) is 50.1 Å². The van der Waals surface area contributed by atoms with Crippen LogP contribution in [-0.4, -0.2) is 17.5 Å². The van der Waals surface area contributed by atoms with Crippen molar-refractivity contribution in [3.8, 4) is 5.75 Å². The quantitative estimate of drug-likeness (QED) is 0.732. The number of Topliss-reactive ketones (excluding diaryl/α,β-unsaturated/α-hetero) is 1. The zero-order valence-corrected chi connectivity index (χ0v) is 14.5. The molecule has 2 rings (SSSR count). The molecule has 0 bridgehead atoms. The molecule has 5 heteroatoms. The number of aliphatic hydroxyl groups excluding tert-OH is 1. The molecule has 0 radical (unpaired) electrons. The first-order valence-electron chi connectivity index (χ1n) is 6.35. The van der Waals surface area contributed by atoms with Crippen LogP contribution in [0.1, 0.15) is 28.9 Å². The van der Waals surface area contributed by atoms with Crippen LogP contribution in [0.4, 0.5) is 0 Å². The van der Waals surface area contributed by atoms with Gasteiger partial charge in [-0.25, -0.2) is 0 Å². The predicted molar refractivity (Wildman–Crippen MR) is 88.7 cm³/mol. The zero-order chi connectivity index (χ0) is 15.4. The summed E-state index contributed by atoms with van der Waals surface area (Å²) in [5.74, 6) is 0.387. The first kappa shape index (κ1) is 16.2. The van der Waals surface area contributed by atoms with Gasteiger partial charge in [0, 0.05) is 8.95 Å². The number of hydrogen-bond donors (Lipinski definition) is 1. The molecule has 0 amide bonds. The van der Waals surface area contributed by atoms with Gasteiger partial charge in [-0.15, -0.1) is 0 Å².